The highest BCUT2D eigenvalue weighted by atomic mass is 15.3. The minimum atomic E-state index is 0.505. The van der Waals surface area contributed by atoms with Crippen molar-refractivity contribution in [1.29, 1.82) is 0 Å². The molecule has 3 nitrogen and oxygen atoms in total. The third-order valence-corrected chi connectivity index (χ3v) is 4.72. The van der Waals surface area contributed by atoms with E-state index in [1.54, 1.807) is 0 Å². The monoisotopic (exact) mass is 259 g/mol. The van der Waals surface area contributed by atoms with E-state index >= 15 is 0 Å². The fourth-order valence-corrected chi connectivity index (χ4v) is 3.59. The van der Waals surface area contributed by atoms with Gasteiger partial charge in [-0.25, -0.2) is 0 Å². The predicted molar refractivity (Wildman–Crippen MR) is 79.2 cm³/mol. The maximum Gasteiger partial charge on any atom is 0.0259 e. The quantitative estimate of drug-likeness (QED) is 0.885. The molecule has 1 aromatic rings. The Hall–Kier alpha value is -0.900. The van der Waals surface area contributed by atoms with E-state index in [4.69, 9.17) is 5.73 Å². The second-order valence-corrected chi connectivity index (χ2v) is 5.91. The molecule has 1 aromatic carbocycles. The first-order valence-electron chi connectivity index (χ1n) is 7.59. The summed E-state index contributed by atoms with van der Waals surface area (Å²) in [5.41, 5.74) is 7.44. The van der Waals surface area contributed by atoms with Crippen molar-refractivity contribution in [2.75, 3.05) is 32.7 Å². The Morgan fingerprint density at radius 1 is 1.16 bits per heavy atom. The second-order valence-electron chi connectivity index (χ2n) is 5.91. The summed E-state index contributed by atoms with van der Waals surface area (Å²) in [6, 6.07) is 12.1. The molecular weight excluding hydrogens is 234 g/mol. The number of rotatable bonds is 4. The molecule has 0 radical (unpaired) electrons. The number of hydrogen-bond donors (Lipinski definition) is 1. The Morgan fingerprint density at radius 2 is 2.00 bits per heavy atom. The first kappa shape index (κ1) is 13.1. The lowest BCUT2D eigenvalue weighted by Crippen LogP contribution is -2.55. The Balaban J connectivity index is 1.62. The van der Waals surface area contributed by atoms with Crippen LogP contribution in [0.15, 0.2) is 30.3 Å². The molecule has 3 rings (SSSR count). The molecule has 0 aliphatic carbocycles. The molecule has 2 atom stereocenters. The van der Waals surface area contributed by atoms with Gasteiger partial charge in [-0.1, -0.05) is 30.3 Å². The van der Waals surface area contributed by atoms with Gasteiger partial charge in [0.15, 0.2) is 0 Å². The standard InChI is InChI=1S/C16H25N3/c17-12-16(11-14-5-2-1-3-6-14)19-10-9-18-8-4-7-15(18)13-19/h1-3,5-6,15-16H,4,7-13,17H2. The molecule has 2 unspecified atom stereocenters. The van der Waals surface area contributed by atoms with Crippen LogP contribution in [0, 0.1) is 0 Å². The molecule has 0 spiro atoms. The zero-order valence-corrected chi connectivity index (χ0v) is 11.7. The molecular formula is C16H25N3. The minimum Gasteiger partial charge on any atom is -0.329 e. The van der Waals surface area contributed by atoms with E-state index in [1.807, 2.05) is 0 Å². The lowest BCUT2D eigenvalue weighted by Gasteiger charge is -2.41. The number of nitrogens with two attached hydrogens (primary N) is 1. The molecule has 2 aliphatic heterocycles. The van der Waals surface area contributed by atoms with Gasteiger partial charge in [0.25, 0.3) is 0 Å². The number of benzene rings is 1. The van der Waals surface area contributed by atoms with E-state index in [1.165, 1.54) is 44.6 Å². The van der Waals surface area contributed by atoms with Crippen molar-refractivity contribution in [2.45, 2.75) is 31.3 Å². The summed E-state index contributed by atoms with van der Waals surface area (Å²) >= 11 is 0. The van der Waals surface area contributed by atoms with Crippen LogP contribution in [-0.4, -0.2) is 54.6 Å². The van der Waals surface area contributed by atoms with Crippen molar-refractivity contribution in [3.8, 4) is 0 Å². The molecule has 0 amide bonds. The maximum atomic E-state index is 6.03. The van der Waals surface area contributed by atoms with Crippen LogP contribution in [0.1, 0.15) is 18.4 Å². The smallest absolute Gasteiger partial charge is 0.0259 e. The fourth-order valence-electron chi connectivity index (χ4n) is 3.59. The molecule has 2 fully saturated rings. The summed E-state index contributed by atoms with van der Waals surface area (Å²) in [5.74, 6) is 0. The van der Waals surface area contributed by atoms with E-state index < -0.39 is 0 Å². The summed E-state index contributed by atoms with van der Waals surface area (Å²) in [4.78, 5) is 5.28. The van der Waals surface area contributed by atoms with Crippen molar-refractivity contribution in [2.24, 2.45) is 5.73 Å². The van der Waals surface area contributed by atoms with Crippen LogP contribution in [0.4, 0.5) is 0 Å². The molecule has 0 bridgehead atoms. The highest BCUT2D eigenvalue weighted by molar-refractivity contribution is 5.16. The molecule has 104 valence electrons. The maximum absolute atomic E-state index is 6.03. The first-order chi connectivity index (χ1) is 9.36. The summed E-state index contributed by atoms with van der Waals surface area (Å²) in [6.45, 7) is 5.71. The van der Waals surface area contributed by atoms with Gasteiger partial charge in [-0.2, -0.15) is 0 Å². The summed E-state index contributed by atoms with van der Waals surface area (Å²) in [5, 5.41) is 0. The van der Waals surface area contributed by atoms with Crippen LogP contribution in [0.2, 0.25) is 0 Å². The number of nitrogens with zero attached hydrogens (tertiary/aromatic N) is 2. The van der Waals surface area contributed by atoms with Crippen molar-refractivity contribution in [3.05, 3.63) is 35.9 Å². The van der Waals surface area contributed by atoms with Crippen LogP contribution in [-0.2, 0) is 6.42 Å². The van der Waals surface area contributed by atoms with E-state index in [9.17, 15) is 0 Å². The number of hydrogen-bond acceptors (Lipinski definition) is 3. The van der Waals surface area contributed by atoms with E-state index in [2.05, 4.69) is 40.1 Å². The lowest BCUT2D eigenvalue weighted by atomic mass is 10.0. The lowest BCUT2D eigenvalue weighted by molar-refractivity contribution is 0.0739. The molecule has 3 heteroatoms. The Labute approximate surface area is 116 Å². The zero-order valence-electron chi connectivity index (χ0n) is 11.7. The first-order valence-corrected chi connectivity index (χ1v) is 7.59. The number of piperazine rings is 1. The number of fused-ring (bicyclic) bond motifs is 1. The molecule has 2 aliphatic rings. The van der Waals surface area contributed by atoms with Crippen LogP contribution >= 0.6 is 0 Å². The van der Waals surface area contributed by atoms with Crippen molar-refractivity contribution >= 4 is 0 Å². The fraction of sp³-hybridized carbons (Fsp3) is 0.625. The summed E-state index contributed by atoms with van der Waals surface area (Å²) < 4.78 is 0. The third-order valence-electron chi connectivity index (χ3n) is 4.72. The van der Waals surface area contributed by atoms with Crippen LogP contribution in [0.5, 0.6) is 0 Å². The van der Waals surface area contributed by atoms with Gasteiger partial charge in [-0.3, -0.25) is 9.80 Å². The van der Waals surface area contributed by atoms with Gasteiger partial charge in [0.1, 0.15) is 0 Å². The third kappa shape index (κ3) is 2.99. The normalized spacial score (nSPS) is 26.3. The van der Waals surface area contributed by atoms with Gasteiger partial charge < -0.3 is 5.73 Å². The molecule has 2 N–H and O–H groups in total. The Bertz CT molecular complexity index is 392. The average molecular weight is 259 g/mol. The van der Waals surface area contributed by atoms with Gasteiger partial charge in [-0.15, -0.1) is 0 Å². The van der Waals surface area contributed by atoms with Gasteiger partial charge in [-0.05, 0) is 31.4 Å². The van der Waals surface area contributed by atoms with Crippen LogP contribution < -0.4 is 5.73 Å². The molecule has 2 heterocycles. The SMILES string of the molecule is NCC(Cc1ccccc1)N1CCN2CCCC2C1. The molecule has 0 saturated carbocycles. The highest BCUT2D eigenvalue weighted by Crippen LogP contribution is 2.23. The van der Waals surface area contributed by atoms with Gasteiger partial charge in [0.05, 0.1) is 0 Å². The second kappa shape index (κ2) is 6.04. The van der Waals surface area contributed by atoms with E-state index in [0.29, 0.717) is 6.04 Å². The van der Waals surface area contributed by atoms with Gasteiger partial charge in [0.2, 0.25) is 0 Å². The summed E-state index contributed by atoms with van der Waals surface area (Å²) in [6.07, 6.45) is 3.84. The van der Waals surface area contributed by atoms with Crippen molar-refractivity contribution in [3.63, 3.8) is 0 Å². The predicted octanol–water partition coefficient (Wildman–Crippen LogP) is 1.34. The van der Waals surface area contributed by atoms with Gasteiger partial charge in [0, 0.05) is 38.3 Å². The minimum absolute atomic E-state index is 0.505. The summed E-state index contributed by atoms with van der Waals surface area (Å²) in [7, 11) is 0. The highest BCUT2D eigenvalue weighted by Gasteiger charge is 2.32. The van der Waals surface area contributed by atoms with Gasteiger partial charge >= 0.3 is 0 Å². The zero-order chi connectivity index (χ0) is 13.1. The van der Waals surface area contributed by atoms with E-state index in [-0.39, 0.29) is 0 Å². The van der Waals surface area contributed by atoms with Crippen LogP contribution in [0.25, 0.3) is 0 Å². The Kier molecular flexibility index (Phi) is 4.16. The molecule has 2 saturated heterocycles. The molecule has 19 heavy (non-hydrogen) atoms. The largest absolute Gasteiger partial charge is 0.329 e. The van der Waals surface area contributed by atoms with Crippen molar-refractivity contribution in [1.82, 2.24) is 9.80 Å². The van der Waals surface area contributed by atoms with Crippen LogP contribution in [0.3, 0.4) is 0 Å². The van der Waals surface area contributed by atoms with E-state index in [0.717, 1.165) is 19.0 Å². The van der Waals surface area contributed by atoms with Crippen molar-refractivity contribution < 1.29 is 0 Å². The average Bonchev–Trinajstić information content (AvgIpc) is 2.93. The topological polar surface area (TPSA) is 32.5 Å². The molecule has 0 aromatic heterocycles. The Morgan fingerprint density at radius 3 is 2.79 bits per heavy atom.